The monoisotopic (exact) mass is 367 g/mol. The number of likely N-dealkylation sites (tertiary alicyclic amines) is 1. The Morgan fingerprint density at radius 2 is 1.63 bits per heavy atom. The summed E-state index contributed by atoms with van der Waals surface area (Å²) >= 11 is 0. The molecule has 1 fully saturated rings. The molecule has 0 unspecified atom stereocenters. The zero-order valence-electron chi connectivity index (χ0n) is 16.4. The lowest BCUT2D eigenvalue weighted by atomic mass is 9.91. The fraction of sp³-hybridized carbons (Fsp3) is 0.455. The van der Waals surface area contributed by atoms with E-state index >= 15 is 0 Å². The van der Waals surface area contributed by atoms with E-state index in [1.54, 1.807) is 0 Å². The van der Waals surface area contributed by atoms with Gasteiger partial charge in [-0.05, 0) is 54.7 Å². The molecule has 3 rings (SSSR count). The first-order valence-corrected chi connectivity index (χ1v) is 9.64. The molecule has 1 aromatic carbocycles. The average molecular weight is 367 g/mol. The number of benzene rings is 1. The molecule has 0 spiro atoms. The van der Waals surface area contributed by atoms with Gasteiger partial charge in [0.15, 0.2) is 0 Å². The van der Waals surface area contributed by atoms with Crippen LogP contribution < -0.4 is 5.32 Å². The SMILES string of the molecule is CC(C)(C)CC(=O)NC1CCN(C(=O)c2ccc(-n3cccc3)cc2)CC1. The molecule has 1 aromatic heterocycles. The highest BCUT2D eigenvalue weighted by Gasteiger charge is 2.25. The van der Waals surface area contributed by atoms with Crippen molar-refractivity contribution in [2.24, 2.45) is 5.41 Å². The fourth-order valence-electron chi connectivity index (χ4n) is 3.45. The summed E-state index contributed by atoms with van der Waals surface area (Å²) in [5.41, 5.74) is 1.74. The van der Waals surface area contributed by atoms with Gasteiger partial charge in [-0.2, -0.15) is 0 Å². The maximum absolute atomic E-state index is 12.7. The van der Waals surface area contributed by atoms with E-state index in [9.17, 15) is 9.59 Å². The maximum Gasteiger partial charge on any atom is 0.253 e. The second-order valence-corrected chi connectivity index (χ2v) is 8.51. The summed E-state index contributed by atoms with van der Waals surface area (Å²) in [6, 6.07) is 11.8. The fourth-order valence-corrected chi connectivity index (χ4v) is 3.45. The number of carbonyl (C=O) groups is 2. The van der Waals surface area contributed by atoms with Gasteiger partial charge in [0.2, 0.25) is 5.91 Å². The van der Waals surface area contributed by atoms with Crippen LogP contribution in [0.25, 0.3) is 5.69 Å². The van der Waals surface area contributed by atoms with Gasteiger partial charge < -0.3 is 14.8 Å². The van der Waals surface area contributed by atoms with Crippen LogP contribution in [0.15, 0.2) is 48.8 Å². The Labute approximate surface area is 161 Å². The smallest absolute Gasteiger partial charge is 0.253 e. The van der Waals surface area contributed by atoms with Crippen molar-refractivity contribution in [2.75, 3.05) is 13.1 Å². The van der Waals surface area contributed by atoms with Crippen LogP contribution in [0.2, 0.25) is 0 Å². The number of nitrogens with one attached hydrogen (secondary N) is 1. The van der Waals surface area contributed by atoms with Crippen LogP contribution in [0.1, 0.15) is 50.4 Å². The molecule has 1 aliphatic rings. The van der Waals surface area contributed by atoms with Crippen molar-refractivity contribution in [1.29, 1.82) is 0 Å². The van der Waals surface area contributed by atoms with E-state index in [1.807, 2.05) is 58.3 Å². The van der Waals surface area contributed by atoms with E-state index in [1.165, 1.54) is 0 Å². The minimum Gasteiger partial charge on any atom is -0.353 e. The molecule has 5 heteroatoms. The van der Waals surface area contributed by atoms with Crippen LogP contribution in [-0.4, -0.2) is 40.4 Å². The number of amides is 2. The molecule has 2 aromatic rings. The number of rotatable bonds is 4. The first-order chi connectivity index (χ1) is 12.8. The van der Waals surface area contributed by atoms with Crippen LogP contribution >= 0.6 is 0 Å². The Morgan fingerprint density at radius 3 is 2.19 bits per heavy atom. The summed E-state index contributed by atoms with van der Waals surface area (Å²) in [6.07, 6.45) is 6.11. The Bertz CT molecular complexity index is 765. The molecular weight excluding hydrogens is 338 g/mol. The summed E-state index contributed by atoms with van der Waals surface area (Å²) in [6.45, 7) is 7.55. The van der Waals surface area contributed by atoms with E-state index in [4.69, 9.17) is 0 Å². The van der Waals surface area contributed by atoms with E-state index in [0.29, 0.717) is 25.1 Å². The standard InChI is InChI=1S/C22H29N3O2/c1-22(2,3)16-20(26)23-18-10-14-25(15-11-18)21(27)17-6-8-19(9-7-17)24-12-4-5-13-24/h4-9,12-13,18H,10-11,14-16H2,1-3H3,(H,23,26). The zero-order chi connectivity index (χ0) is 19.4. The summed E-state index contributed by atoms with van der Waals surface area (Å²) in [5, 5.41) is 3.12. The van der Waals surface area contributed by atoms with Gasteiger partial charge in [-0.1, -0.05) is 20.8 Å². The third-order valence-corrected chi connectivity index (χ3v) is 4.86. The number of hydrogen-bond donors (Lipinski definition) is 1. The van der Waals surface area contributed by atoms with Crippen LogP contribution in [0.5, 0.6) is 0 Å². The van der Waals surface area contributed by atoms with Crippen molar-refractivity contribution in [3.05, 3.63) is 54.4 Å². The Kier molecular flexibility index (Phi) is 5.68. The van der Waals surface area contributed by atoms with Crippen molar-refractivity contribution in [3.63, 3.8) is 0 Å². The van der Waals surface area contributed by atoms with E-state index in [0.717, 1.165) is 18.5 Å². The Morgan fingerprint density at radius 1 is 1.04 bits per heavy atom. The van der Waals surface area contributed by atoms with E-state index in [-0.39, 0.29) is 23.3 Å². The van der Waals surface area contributed by atoms with E-state index in [2.05, 4.69) is 26.1 Å². The number of hydrogen-bond acceptors (Lipinski definition) is 2. The number of piperidine rings is 1. The van der Waals surface area contributed by atoms with Gasteiger partial charge in [0, 0.05) is 49.2 Å². The van der Waals surface area contributed by atoms with Gasteiger partial charge in [-0.25, -0.2) is 0 Å². The molecule has 144 valence electrons. The molecule has 0 aliphatic carbocycles. The topological polar surface area (TPSA) is 54.3 Å². The third kappa shape index (κ3) is 5.22. The molecule has 5 nitrogen and oxygen atoms in total. The highest BCUT2D eigenvalue weighted by molar-refractivity contribution is 5.94. The van der Waals surface area contributed by atoms with Crippen molar-refractivity contribution in [2.45, 2.75) is 46.1 Å². The summed E-state index contributed by atoms with van der Waals surface area (Å²) in [7, 11) is 0. The summed E-state index contributed by atoms with van der Waals surface area (Å²) < 4.78 is 2.01. The van der Waals surface area contributed by atoms with Crippen LogP contribution in [-0.2, 0) is 4.79 Å². The summed E-state index contributed by atoms with van der Waals surface area (Å²) in [4.78, 5) is 26.7. The molecule has 0 atom stereocenters. The Balaban J connectivity index is 1.52. The van der Waals surface area contributed by atoms with Gasteiger partial charge >= 0.3 is 0 Å². The molecular formula is C22H29N3O2. The van der Waals surface area contributed by atoms with Crippen molar-refractivity contribution < 1.29 is 9.59 Å². The average Bonchev–Trinajstić information content (AvgIpc) is 3.15. The van der Waals surface area contributed by atoms with Crippen molar-refractivity contribution >= 4 is 11.8 Å². The first kappa shape index (κ1) is 19.2. The molecule has 0 radical (unpaired) electrons. The van der Waals surface area contributed by atoms with Gasteiger partial charge in [-0.15, -0.1) is 0 Å². The quantitative estimate of drug-likeness (QED) is 0.897. The molecule has 0 bridgehead atoms. The predicted octanol–water partition coefficient (Wildman–Crippen LogP) is 3.63. The molecule has 1 saturated heterocycles. The lowest BCUT2D eigenvalue weighted by Crippen LogP contribution is -2.47. The molecule has 27 heavy (non-hydrogen) atoms. The predicted molar refractivity (Wildman–Crippen MR) is 107 cm³/mol. The van der Waals surface area contributed by atoms with Crippen molar-refractivity contribution in [1.82, 2.24) is 14.8 Å². The van der Waals surface area contributed by atoms with Crippen LogP contribution in [0.3, 0.4) is 0 Å². The number of carbonyl (C=O) groups excluding carboxylic acids is 2. The van der Waals surface area contributed by atoms with Crippen LogP contribution in [0, 0.1) is 5.41 Å². The van der Waals surface area contributed by atoms with E-state index < -0.39 is 0 Å². The number of aromatic nitrogens is 1. The first-order valence-electron chi connectivity index (χ1n) is 9.64. The molecule has 2 heterocycles. The second-order valence-electron chi connectivity index (χ2n) is 8.51. The zero-order valence-corrected chi connectivity index (χ0v) is 16.4. The molecule has 2 amide bonds. The van der Waals surface area contributed by atoms with Gasteiger partial charge in [0.05, 0.1) is 0 Å². The normalized spacial score (nSPS) is 15.6. The Hall–Kier alpha value is -2.56. The molecule has 1 aliphatic heterocycles. The summed E-state index contributed by atoms with van der Waals surface area (Å²) in [5.74, 6) is 0.168. The minimum absolute atomic E-state index is 0.00638. The van der Waals surface area contributed by atoms with Gasteiger partial charge in [0.25, 0.3) is 5.91 Å². The van der Waals surface area contributed by atoms with Crippen molar-refractivity contribution in [3.8, 4) is 5.69 Å². The highest BCUT2D eigenvalue weighted by atomic mass is 16.2. The molecule has 0 saturated carbocycles. The third-order valence-electron chi connectivity index (χ3n) is 4.86. The second kappa shape index (κ2) is 7.99. The maximum atomic E-state index is 12.7. The lowest BCUT2D eigenvalue weighted by molar-refractivity contribution is -0.123. The molecule has 1 N–H and O–H groups in total. The largest absolute Gasteiger partial charge is 0.353 e. The van der Waals surface area contributed by atoms with Crippen LogP contribution in [0.4, 0.5) is 0 Å². The minimum atomic E-state index is -0.00638. The lowest BCUT2D eigenvalue weighted by Gasteiger charge is -2.33. The highest BCUT2D eigenvalue weighted by Crippen LogP contribution is 2.20. The number of nitrogens with zero attached hydrogens (tertiary/aromatic N) is 2. The van der Waals surface area contributed by atoms with Gasteiger partial charge in [0.1, 0.15) is 0 Å². The van der Waals surface area contributed by atoms with Gasteiger partial charge in [-0.3, -0.25) is 9.59 Å².